The molecule has 1 rings (SSSR count). The Morgan fingerprint density at radius 3 is 1.62 bits per heavy atom. The van der Waals surface area contributed by atoms with Crippen molar-refractivity contribution in [1.82, 2.24) is 0 Å². The van der Waals surface area contributed by atoms with E-state index < -0.39 is 12.3 Å². The maximum Gasteiger partial charge on any atom is 0.484 e. The van der Waals surface area contributed by atoms with E-state index in [0.717, 1.165) is 0 Å². The molecule has 0 aromatic heterocycles. The van der Waals surface area contributed by atoms with Gasteiger partial charge in [0.2, 0.25) is 0 Å². The van der Waals surface area contributed by atoms with Crippen molar-refractivity contribution < 1.29 is 12.9 Å². The predicted octanol–water partition coefficient (Wildman–Crippen LogP) is 2.39. The third kappa shape index (κ3) is 0.719. The highest BCUT2D eigenvalue weighted by Gasteiger charge is 2.53. The molecule has 48 valence electrons. The molecule has 1 aliphatic rings. The summed E-state index contributed by atoms with van der Waals surface area (Å²) in [5, 5.41) is -1.25. The summed E-state index contributed by atoms with van der Waals surface area (Å²) < 4.78 is 35.1. The lowest BCUT2D eigenvalue weighted by Crippen LogP contribution is -2.22. The van der Waals surface area contributed by atoms with Crippen LogP contribution in [0, 0.1) is 0 Å². The van der Waals surface area contributed by atoms with E-state index in [9.17, 15) is 12.9 Å². The third-order valence-corrected chi connectivity index (χ3v) is 1.83. The van der Waals surface area contributed by atoms with Crippen molar-refractivity contribution in [1.29, 1.82) is 0 Å². The van der Waals surface area contributed by atoms with Crippen LogP contribution in [0.2, 0.25) is 5.31 Å². The standard InChI is InChI=1S/C4H7BF3/c1-4(2-3-4)5(6,7)8/h2-3H2,1H3/q-1. The molecule has 0 nitrogen and oxygen atoms in total. The highest BCUT2D eigenvalue weighted by atomic mass is 19.4. The van der Waals surface area contributed by atoms with Crippen LogP contribution in [0.1, 0.15) is 19.8 Å². The molecule has 1 aliphatic carbocycles. The van der Waals surface area contributed by atoms with Gasteiger partial charge in [0.1, 0.15) is 0 Å². The summed E-state index contributed by atoms with van der Waals surface area (Å²) in [6.45, 7) is -3.25. The van der Waals surface area contributed by atoms with Gasteiger partial charge in [0.05, 0.1) is 0 Å². The molecular weight excluding hydrogens is 116 g/mol. The van der Waals surface area contributed by atoms with Crippen LogP contribution in [0.15, 0.2) is 0 Å². The molecule has 1 saturated carbocycles. The van der Waals surface area contributed by atoms with E-state index in [1.165, 1.54) is 6.92 Å². The lowest BCUT2D eigenvalue weighted by molar-refractivity contribution is 0.433. The van der Waals surface area contributed by atoms with E-state index in [0.29, 0.717) is 12.8 Å². The smallest absolute Gasteiger partial charge is 0.449 e. The van der Waals surface area contributed by atoms with Crippen LogP contribution in [0.5, 0.6) is 0 Å². The first kappa shape index (κ1) is 5.98. The van der Waals surface area contributed by atoms with Crippen LogP contribution in [-0.2, 0) is 0 Å². The Morgan fingerprint density at radius 2 is 1.62 bits per heavy atom. The predicted molar refractivity (Wildman–Crippen MR) is 26.7 cm³/mol. The zero-order chi connectivity index (χ0) is 6.41. The van der Waals surface area contributed by atoms with E-state index >= 15 is 0 Å². The first-order valence-electron chi connectivity index (χ1n) is 2.65. The van der Waals surface area contributed by atoms with Crippen molar-refractivity contribution in [2.45, 2.75) is 25.1 Å². The van der Waals surface area contributed by atoms with Crippen molar-refractivity contribution in [3.63, 3.8) is 0 Å². The molecule has 1 fully saturated rings. The van der Waals surface area contributed by atoms with Gasteiger partial charge in [0.25, 0.3) is 0 Å². The SMILES string of the molecule is CC1([B-](F)(F)F)CC1. The summed E-state index contributed by atoms with van der Waals surface area (Å²) in [5.41, 5.74) is 0. The van der Waals surface area contributed by atoms with E-state index in [-0.39, 0.29) is 0 Å². The molecule has 0 aromatic rings. The van der Waals surface area contributed by atoms with E-state index in [1.54, 1.807) is 0 Å². The van der Waals surface area contributed by atoms with Crippen LogP contribution >= 0.6 is 0 Å². The Balaban J connectivity index is 2.58. The molecule has 0 atom stereocenters. The molecule has 4 heteroatoms. The average Bonchev–Trinajstić information content (AvgIpc) is 2.16. The van der Waals surface area contributed by atoms with Crippen molar-refractivity contribution in [3.8, 4) is 0 Å². The second kappa shape index (κ2) is 1.22. The lowest BCUT2D eigenvalue weighted by atomic mass is 9.70. The Bertz CT molecular complexity index is 99.1. The van der Waals surface area contributed by atoms with Gasteiger partial charge in [-0.1, -0.05) is 25.1 Å². The van der Waals surface area contributed by atoms with Crippen molar-refractivity contribution >= 4 is 6.98 Å². The average molecular weight is 123 g/mol. The molecule has 8 heavy (non-hydrogen) atoms. The molecule has 0 saturated heterocycles. The quantitative estimate of drug-likeness (QED) is 0.469. The summed E-state index contributed by atoms with van der Waals surface area (Å²) in [7, 11) is 0. The maximum absolute atomic E-state index is 11.7. The number of rotatable bonds is 1. The minimum absolute atomic E-state index is 0.344. The monoisotopic (exact) mass is 123 g/mol. The van der Waals surface area contributed by atoms with Gasteiger partial charge in [-0.05, 0) is 0 Å². The van der Waals surface area contributed by atoms with E-state index in [1.807, 2.05) is 0 Å². The fourth-order valence-electron chi connectivity index (χ4n) is 0.524. The van der Waals surface area contributed by atoms with Gasteiger partial charge in [-0.25, -0.2) is 0 Å². The molecule has 0 heterocycles. The Morgan fingerprint density at radius 1 is 1.25 bits per heavy atom. The summed E-state index contributed by atoms with van der Waals surface area (Å²) in [6.07, 6.45) is 0.688. The Hall–Kier alpha value is -0.145. The fourth-order valence-corrected chi connectivity index (χ4v) is 0.524. The molecule has 0 radical (unpaired) electrons. The molecule has 0 bridgehead atoms. The molecule has 0 aromatic carbocycles. The first-order valence-corrected chi connectivity index (χ1v) is 2.65. The topological polar surface area (TPSA) is 0 Å². The van der Waals surface area contributed by atoms with Crippen molar-refractivity contribution in [2.24, 2.45) is 0 Å². The molecule has 0 amide bonds. The third-order valence-electron chi connectivity index (χ3n) is 1.83. The summed E-state index contributed by atoms with van der Waals surface area (Å²) >= 11 is 0. The van der Waals surface area contributed by atoms with Crippen molar-refractivity contribution in [2.75, 3.05) is 0 Å². The van der Waals surface area contributed by atoms with Gasteiger partial charge in [0.15, 0.2) is 0 Å². The zero-order valence-corrected chi connectivity index (χ0v) is 4.63. The summed E-state index contributed by atoms with van der Waals surface area (Å²) in [4.78, 5) is 0. The van der Waals surface area contributed by atoms with Crippen LogP contribution in [0.3, 0.4) is 0 Å². The first-order chi connectivity index (χ1) is 3.46. The zero-order valence-electron chi connectivity index (χ0n) is 4.63. The second-order valence-electron chi connectivity index (χ2n) is 2.73. The second-order valence-corrected chi connectivity index (χ2v) is 2.73. The minimum Gasteiger partial charge on any atom is -0.449 e. The normalized spacial score (nSPS) is 25.5. The number of halogens is 3. The Kier molecular flexibility index (Phi) is 0.915. The molecule has 0 aliphatic heterocycles. The fraction of sp³-hybridized carbons (Fsp3) is 1.00. The van der Waals surface area contributed by atoms with Crippen LogP contribution in [0.25, 0.3) is 0 Å². The summed E-state index contributed by atoms with van der Waals surface area (Å²) in [6, 6.07) is 0. The van der Waals surface area contributed by atoms with Gasteiger partial charge in [0, 0.05) is 0 Å². The highest BCUT2D eigenvalue weighted by molar-refractivity contribution is 6.63. The maximum atomic E-state index is 11.7. The van der Waals surface area contributed by atoms with Gasteiger partial charge >= 0.3 is 6.98 Å². The molecular formula is C4H7BF3-. The van der Waals surface area contributed by atoms with Crippen LogP contribution in [-0.4, -0.2) is 6.98 Å². The van der Waals surface area contributed by atoms with Crippen molar-refractivity contribution in [3.05, 3.63) is 0 Å². The van der Waals surface area contributed by atoms with E-state index in [4.69, 9.17) is 0 Å². The molecule has 0 spiro atoms. The summed E-state index contributed by atoms with van der Waals surface area (Å²) in [5.74, 6) is 0. The van der Waals surface area contributed by atoms with Crippen LogP contribution < -0.4 is 0 Å². The lowest BCUT2D eigenvalue weighted by Gasteiger charge is -2.20. The van der Waals surface area contributed by atoms with Gasteiger partial charge < -0.3 is 12.9 Å². The van der Waals surface area contributed by atoms with Crippen LogP contribution in [0.4, 0.5) is 12.9 Å². The van der Waals surface area contributed by atoms with Gasteiger partial charge in [-0.2, -0.15) is 0 Å². The van der Waals surface area contributed by atoms with Gasteiger partial charge in [-0.3, -0.25) is 0 Å². The minimum atomic E-state index is -4.53. The van der Waals surface area contributed by atoms with E-state index in [2.05, 4.69) is 0 Å². The Labute approximate surface area is 46.1 Å². The molecule has 0 N–H and O–H groups in total. The largest absolute Gasteiger partial charge is 0.484 e. The number of hydrogen-bond donors (Lipinski definition) is 0. The molecule has 0 unspecified atom stereocenters. The number of hydrogen-bond acceptors (Lipinski definition) is 0. The highest BCUT2D eigenvalue weighted by Crippen LogP contribution is 2.61. The van der Waals surface area contributed by atoms with Gasteiger partial charge in [-0.15, -0.1) is 0 Å².